The molecule has 0 aliphatic heterocycles. The zero-order chi connectivity index (χ0) is 12.1. The molecular formula is C14H18N2S. The van der Waals surface area contributed by atoms with Gasteiger partial charge in [0.05, 0.1) is 6.07 Å². The lowest BCUT2D eigenvalue weighted by atomic mass is 9.87. The van der Waals surface area contributed by atoms with Crippen LogP contribution in [0.25, 0.3) is 0 Å². The van der Waals surface area contributed by atoms with Gasteiger partial charge in [0.15, 0.2) is 0 Å². The maximum absolute atomic E-state index is 8.85. The van der Waals surface area contributed by atoms with Gasteiger partial charge in [-0.25, -0.2) is 0 Å². The summed E-state index contributed by atoms with van der Waals surface area (Å²) in [7, 11) is 0. The molecule has 0 atom stereocenters. The first-order valence-electron chi connectivity index (χ1n) is 6.12. The van der Waals surface area contributed by atoms with E-state index < -0.39 is 0 Å². The average Bonchev–Trinajstić information content (AvgIpc) is 2.40. The van der Waals surface area contributed by atoms with Gasteiger partial charge in [-0.05, 0) is 56.2 Å². The third kappa shape index (κ3) is 3.41. The van der Waals surface area contributed by atoms with Gasteiger partial charge in [0.1, 0.15) is 0 Å². The molecule has 1 aromatic carbocycles. The smallest absolute Gasteiger partial charge is 0.0655 e. The van der Waals surface area contributed by atoms with Crippen molar-refractivity contribution in [2.24, 2.45) is 5.92 Å². The van der Waals surface area contributed by atoms with E-state index in [9.17, 15) is 0 Å². The molecule has 1 aliphatic carbocycles. The molecule has 2 rings (SSSR count). The Hall–Kier alpha value is -1.14. The Morgan fingerprint density at radius 2 is 1.82 bits per heavy atom. The quantitative estimate of drug-likeness (QED) is 0.822. The number of nitriles is 1. The van der Waals surface area contributed by atoms with Gasteiger partial charge >= 0.3 is 0 Å². The molecule has 1 fully saturated rings. The van der Waals surface area contributed by atoms with Crippen LogP contribution in [0.2, 0.25) is 0 Å². The van der Waals surface area contributed by atoms with E-state index in [1.807, 2.05) is 0 Å². The molecule has 90 valence electrons. The molecular weight excluding hydrogens is 228 g/mol. The minimum absolute atomic E-state index is 0.284. The molecule has 0 unspecified atom stereocenters. The van der Waals surface area contributed by atoms with E-state index in [2.05, 4.69) is 41.9 Å². The van der Waals surface area contributed by atoms with Crippen molar-refractivity contribution >= 4 is 17.4 Å². The number of rotatable bonds is 3. The lowest BCUT2D eigenvalue weighted by Crippen LogP contribution is -2.25. The van der Waals surface area contributed by atoms with Crippen molar-refractivity contribution in [2.75, 3.05) is 11.6 Å². The molecule has 0 aromatic heterocycles. The Kier molecular flexibility index (Phi) is 4.33. The number of benzene rings is 1. The van der Waals surface area contributed by atoms with Crippen LogP contribution in [0.15, 0.2) is 29.2 Å². The first kappa shape index (κ1) is 12.3. The Bertz CT molecular complexity index is 386. The van der Waals surface area contributed by atoms with Crippen LogP contribution in [0.3, 0.4) is 0 Å². The minimum atomic E-state index is 0.284. The number of hydrogen-bond donors (Lipinski definition) is 1. The Balaban J connectivity index is 1.87. The first-order valence-corrected chi connectivity index (χ1v) is 7.34. The fourth-order valence-corrected chi connectivity index (χ4v) is 2.70. The Morgan fingerprint density at radius 3 is 2.35 bits per heavy atom. The summed E-state index contributed by atoms with van der Waals surface area (Å²) in [6, 6.07) is 11.5. The van der Waals surface area contributed by atoms with Crippen LogP contribution in [-0.2, 0) is 0 Å². The van der Waals surface area contributed by atoms with E-state index in [0.717, 1.165) is 25.7 Å². The van der Waals surface area contributed by atoms with Crippen LogP contribution in [0.1, 0.15) is 25.7 Å². The molecule has 17 heavy (non-hydrogen) atoms. The largest absolute Gasteiger partial charge is 0.382 e. The molecule has 1 saturated carbocycles. The van der Waals surface area contributed by atoms with Gasteiger partial charge in [0, 0.05) is 22.5 Å². The zero-order valence-electron chi connectivity index (χ0n) is 10.1. The van der Waals surface area contributed by atoms with E-state index in [0.29, 0.717) is 6.04 Å². The summed E-state index contributed by atoms with van der Waals surface area (Å²) in [5, 5.41) is 12.4. The van der Waals surface area contributed by atoms with Gasteiger partial charge in [-0.15, -0.1) is 11.8 Å². The van der Waals surface area contributed by atoms with Crippen LogP contribution in [0.5, 0.6) is 0 Å². The predicted molar refractivity (Wildman–Crippen MR) is 73.2 cm³/mol. The summed E-state index contributed by atoms with van der Waals surface area (Å²) < 4.78 is 0. The van der Waals surface area contributed by atoms with E-state index in [1.165, 1.54) is 10.6 Å². The monoisotopic (exact) mass is 246 g/mol. The molecule has 0 amide bonds. The van der Waals surface area contributed by atoms with Gasteiger partial charge in [-0.1, -0.05) is 0 Å². The van der Waals surface area contributed by atoms with Crippen molar-refractivity contribution < 1.29 is 0 Å². The number of nitrogens with zero attached hydrogens (tertiary/aromatic N) is 1. The second-order valence-electron chi connectivity index (χ2n) is 4.55. The van der Waals surface area contributed by atoms with Gasteiger partial charge in [0.2, 0.25) is 0 Å². The van der Waals surface area contributed by atoms with Crippen LogP contribution >= 0.6 is 11.8 Å². The molecule has 0 bridgehead atoms. The molecule has 3 heteroatoms. The van der Waals surface area contributed by atoms with E-state index in [4.69, 9.17) is 5.26 Å². The molecule has 0 radical (unpaired) electrons. The second kappa shape index (κ2) is 5.97. The summed E-state index contributed by atoms with van der Waals surface area (Å²) in [5.74, 6) is 0.284. The number of nitrogens with one attached hydrogen (secondary N) is 1. The summed E-state index contributed by atoms with van der Waals surface area (Å²) >= 11 is 1.76. The summed E-state index contributed by atoms with van der Waals surface area (Å²) in [6.45, 7) is 0. The van der Waals surface area contributed by atoms with Gasteiger partial charge in [-0.3, -0.25) is 0 Å². The predicted octanol–water partition coefficient (Wildman–Crippen LogP) is 3.90. The zero-order valence-corrected chi connectivity index (χ0v) is 11.0. The fraction of sp³-hybridized carbons (Fsp3) is 0.500. The normalized spacial score (nSPS) is 24.0. The van der Waals surface area contributed by atoms with Crippen molar-refractivity contribution in [3.05, 3.63) is 24.3 Å². The second-order valence-corrected chi connectivity index (χ2v) is 5.43. The molecule has 1 aliphatic rings. The van der Waals surface area contributed by atoms with Crippen molar-refractivity contribution in [3.8, 4) is 6.07 Å². The summed E-state index contributed by atoms with van der Waals surface area (Å²) in [4.78, 5) is 1.30. The standard InChI is InChI=1S/C14H18N2S/c1-17-14-8-6-13(7-9-14)16-12-4-2-11(10-15)3-5-12/h6-9,11-12,16H,2-5H2,1H3. The van der Waals surface area contributed by atoms with Crippen molar-refractivity contribution in [2.45, 2.75) is 36.6 Å². The highest BCUT2D eigenvalue weighted by molar-refractivity contribution is 7.98. The Morgan fingerprint density at radius 1 is 1.18 bits per heavy atom. The van der Waals surface area contributed by atoms with Crippen molar-refractivity contribution in [3.63, 3.8) is 0 Å². The summed E-state index contributed by atoms with van der Waals surface area (Å²) in [5.41, 5.74) is 1.20. The van der Waals surface area contributed by atoms with E-state index >= 15 is 0 Å². The van der Waals surface area contributed by atoms with Crippen molar-refractivity contribution in [1.29, 1.82) is 5.26 Å². The van der Waals surface area contributed by atoms with Gasteiger partial charge in [0.25, 0.3) is 0 Å². The molecule has 2 nitrogen and oxygen atoms in total. The van der Waals surface area contributed by atoms with Crippen LogP contribution in [0.4, 0.5) is 5.69 Å². The molecule has 1 N–H and O–H groups in total. The lowest BCUT2D eigenvalue weighted by molar-refractivity contribution is 0.397. The highest BCUT2D eigenvalue weighted by Gasteiger charge is 2.20. The molecule has 0 heterocycles. The fourth-order valence-electron chi connectivity index (χ4n) is 2.29. The molecule has 0 spiro atoms. The Labute approximate surface area is 107 Å². The van der Waals surface area contributed by atoms with Crippen molar-refractivity contribution in [1.82, 2.24) is 0 Å². The lowest BCUT2D eigenvalue weighted by Gasteiger charge is -2.26. The van der Waals surface area contributed by atoms with E-state index in [-0.39, 0.29) is 5.92 Å². The topological polar surface area (TPSA) is 35.8 Å². The average molecular weight is 246 g/mol. The molecule has 0 saturated heterocycles. The van der Waals surface area contributed by atoms with Gasteiger partial charge < -0.3 is 5.32 Å². The van der Waals surface area contributed by atoms with Crippen LogP contribution in [-0.4, -0.2) is 12.3 Å². The number of hydrogen-bond acceptors (Lipinski definition) is 3. The maximum Gasteiger partial charge on any atom is 0.0655 e. The first-order chi connectivity index (χ1) is 8.31. The highest BCUT2D eigenvalue weighted by atomic mass is 32.2. The maximum atomic E-state index is 8.85. The SMILES string of the molecule is CSc1ccc(NC2CCC(C#N)CC2)cc1. The third-order valence-corrected chi connectivity index (χ3v) is 4.11. The number of thioether (sulfide) groups is 1. The summed E-state index contributed by atoms with van der Waals surface area (Å²) in [6.07, 6.45) is 6.39. The molecule has 1 aromatic rings. The van der Waals surface area contributed by atoms with Crippen LogP contribution in [0, 0.1) is 17.2 Å². The minimum Gasteiger partial charge on any atom is -0.382 e. The highest BCUT2D eigenvalue weighted by Crippen LogP contribution is 2.26. The van der Waals surface area contributed by atoms with E-state index in [1.54, 1.807) is 11.8 Å². The number of anilines is 1. The van der Waals surface area contributed by atoms with Gasteiger partial charge in [-0.2, -0.15) is 5.26 Å². The van der Waals surface area contributed by atoms with Crippen LogP contribution < -0.4 is 5.32 Å². The third-order valence-electron chi connectivity index (χ3n) is 3.37.